The Hall–Kier alpha value is -2.29. The second kappa shape index (κ2) is 6.40. The molecule has 0 aliphatic carbocycles. The van der Waals surface area contributed by atoms with Crippen LogP contribution in [0.1, 0.15) is 34.4 Å². The Morgan fingerprint density at radius 1 is 1.26 bits per heavy atom. The van der Waals surface area contributed by atoms with Gasteiger partial charge in [-0.25, -0.2) is 18.3 Å². The maximum atomic E-state index is 14.0. The Bertz CT molecular complexity index is 1070. The molecule has 0 saturated carbocycles. The first kappa shape index (κ1) is 18.1. The maximum Gasteiger partial charge on any atom is 0.168 e. The Morgan fingerprint density at radius 3 is 2.70 bits per heavy atom. The van der Waals surface area contributed by atoms with Crippen LogP contribution in [0.5, 0.6) is 5.75 Å². The summed E-state index contributed by atoms with van der Waals surface area (Å²) in [7, 11) is 1.27. The van der Waals surface area contributed by atoms with Crippen molar-refractivity contribution in [3.63, 3.8) is 0 Å². The molecule has 0 saturated heterocycles. The quantitative estimate of drug-likeness (QED) is 0.738. The Labute approximate surface area is 159 Å². The third kappa shape index (κ3) is 2.75. The van der Waals surface area contributed by atoms with E-state index in [4.69, 9.17) is 16.3 Å². The minimum Gasteiger partial charge on any atom is -0.493 e. The van der Waals surface area contributed by atoms with Crippen LogP contribution in [0.25, 0.3) is 5.65 Å². The van der Waals surface area contributed by atoms with Crippen LogP contribution in [0.15, 0.2) is 12.1 Å². The highest BCUT2D eigenvalue weighted by molar-refractivity contribution is 6.31. The lowest BCUT2D eigenvalue weighted by molar-refractivity contribution is -0.00454. The van der Waals surface area contributed by atoms with Gasteiger partial charge in [-0.2, -0.15) is 5.10 Å². The molecule has 1 unspecified atom stereocenters. The van der Waals surface area contributed by atoms with Crippen molar-refractivity contribution < 1.29 is 18.6 Å². The number of halogens is 3. The second-order valence-electron chi connectivity index (χ2n) is 6.55. The van der Waals surface area contributed by atoms with E-state index in [-0.39, 0.29) is 11.3 Å². The number of methoxy groups -OCH3 is 1. The number of nitrogens with zero attached hydrogens (tertiary/aromatic N) is 4. The summed E-state index contributed by atoms with van der Waals surface area (Å²) < 4.78 is 34.3. The molecule has 0 spiro atoms. The zero-order valence-corrected chi connectivity index (χ0v) is 15.7. The van der Waals surface area contributed by atoms with Gasteiger partial charge in [-0.1, -0.05) is 11.6 Å². The lowest BCUT2D eigenvalue weighted by atomic mass is 10.1. The fourth-order valence-electron chi connectivity index (χ4n) is 3.49. The summed E-state index contributed by atoms with van der Waals surface area (Å²) in [6.07, 6.45) is -1.26. The molecule has 1 atom stereocenters. The van der Waals surface area contributed by atoms with Crippen LogP contribution in [-0.4, -0.2) is 31.7 Å². The van der Waals surface area contributed by atoms with Crippen LogP contribution < -0.4 is 4.74 Å². The van der Waals surface area contributed by atoms with Gasteiger partial charge < -0.3 is 9.84 Å². The molecule has 3 aromatic rings. The standard InChI is InChI=1S/C18H17ClF2N4O2/c1-8-15(19)9(2)25-17(22-8)12-6-24(7-14(12)23-25)18(26)11-4-10(20)5-13(21)16(11)27-3/h4-5,18,26H,6-7H2,1-3H3. The summed E-state index contributed by atoms with van der Waals surface area (Å²) in [5, 5.41) is 15.8. The molecule has 0 radical (unpaired) electrons. The van der Waals surface area contributed by atoms with Gasteiger partial charge in [0.2, 0.25) is 0 Å². The molecule has 4 rings (SSSR count). The molecule has 27 heavy (non-hydrogen) atoms. The summed E-state index contributed by atoms with van der Waals surface area (Å²) >= 11 is 6.24. The molecule has 1 aliphatic heterocycles. The van der Waals surface area contributed by atoms with Crippen LogP contribution in [0.3, 0.4) is 0 Å². The highest BCUT2D eigenvalue weighted by Gasteiger charge is 2.33. The molecule has 0 bridgehead atoms. The molecule has 1 aromatic carbocycles. The molecular formula is C18H17ClF2N4O2. The van der Waals surface area contributed by atoms with Gasteiger partial charge in [0.25, 0.3) is 0 Å². The molecule has 0 fully saturated rings. The summed E-state index contributed by atoms with van der Waals surface area (Å²) in [6.45, 7) is 4.31. The number of aliphatic hydroxyl groups is 1. The van der Waals surface area contributed by atoms with E-state index in [1.807, 2.05) is 13.8 Å². The molecule has 6 nitrogen and oxygen atoms in total. The first-order valence-electron chi connectivity index (χ1n) is 8.30. The first-order valence-corrected chi connectivity index (χ1v) is 8.67. The summed E-state index contributed by atoms with van der Waals surface area (Å²) in [5.41, 5.74) is 3.76. The van der Waals surface area contributed by atoms with Crippen LogP contribution in [0, 0.1) is 25.5 Å². The minimum atomic E-state index is -1.26. The smallest absolute Gasteiger partial charge is 0.168 e. The molecule has 1 N–H and O–H groups in total. The number of aliphatic hydroxyl groups excluding tert-OH is 1. The predicted octanol–water partition coefficient (Wildman–Crippen LogP) is 3.29. The van der Waals surface area contributed by atoms with Gasteiger partial charge >= 0.3 is 0 Å². The average molecular weight is 395 g/mol. The number of aryl methyl sites for hydroxylation is 2. The van der Waals surface area contributed by atoms with E-state index in [1.54, 1.807) is 9.42 Å². The number of aromatic nitrogens is 3. The maximum absolute atomic E-state index is 14.0. The molecular weight excluding hydrogens is 378 g/mol. The number of hydrogen-bond acceptors (Lipinski definition) is 5. The van der Waals surface area contributed by atoms with E-state index in [0.29, 0.717) is 29.5 Å². The monoisotopic (exact) mass is 394 g/mol. The Morgan fingerprint density at radius 2 is 2.00 bits per heavy atom. The van der Waals surface area contributed by atoms with Gasteiger partial charge in [-0.15, -0.1) is 0 Å². The molecule has 142 valence electrons. The second-order valence-corrected chi connectivity index (χ2v) is 6.92. The van der Waals surface area contributed by atoms with Crippen molar-refractivity contribution in [2.75, 3.05) is 7.11 Å². The fraction of sp³-hybridized carbons (Fsp3) is 0.333. The number of benzene rings is 1. The topological polar surface area (TPSA) is 62.9 Å². The van der Waals surface area contributed by atoms with Crippen molar-refractivity contribution in [3.8, 4) is 5.75 Å². The minimum absolute atomic E-state index is 0.0282. The first-order chi connectivity index (χ1) is 12.8. The third-order valence-corrected chi connectivity index (χ3v) is 5.39. The number of rotatable bonds is 3. The Balaban J connectivity index is 1.72. The average Bonchev–Trinajstić information content (AvgIpc) is 3.17. The van der Waals surface area contributed by atoms with Crippen molar-refractivity contribution in [2.24, 2.45) is 0 Å². The lowest BCUT2D eigenvalue weighted by Gasteiger charge is -2.24. The van der Waals surface area contributed by atoms with Crippen molar-refractivity contribution in [1.29, 1.82) is 0 Å². The predicted molar refractivity (Wildman–Crippen MR) is 94.6 cm³/mol. The van der Waals surface area contributed by atoms with Gasteiger partial charge in [-0.3, -0.25) is 4.90 Å². The van der Waals surface area contributed by atoms with Crippen LogP contribution in [-0.2, 0) is 13.1 Å². The normalized spacial score (nSPS) is 15.4. The zero-order chi connectivity index (χ0) is 19.5. The number of ether oxygens (including phenoxy) is 1. The fourth-order valence-corrected chi connectivity index (χ4v) is 3.62. The number of hydrogen-bond donors (Lipinski definition) is 1. The van der Waals surface area contributed by atoms with E-state index >= 15 is 0 Å². The van der Waals surface area contributed by atoms with Crippen molar-refractivity contribution in [2.45, 2.75) is 33.2 Å². The van der Waals surface area contributed by atoms with Gasteiger partial charge in [0.1, 0.15) is 12.0 Å². The van der Waals surface area contributed by atoms with Gasteiger partial charge in [0, 0.05) is 30.3 Å². The van der Waals surface area contributed by atoms with Crippen molar-refractivity contribution in [1.82, 2.24) is 19.5 Å². The van der Waals surface area contributed by atoms with E-state index in [2.05, 4.69) is 10.1 Å². The van der Waals surface area contributed by atoms with E-state index in [1.165, 1.54) is 7.11 Å². The van der Waals surface area contributed by atoms with Gasteiger partial charge in [0.15, 0.2) is 17.2 Å². The van der Waals surface area contributed by atoms with E-state index in [0.717, 1.165) is 29.1 Å². The highest BCUT2D eigenvalue weighted by atomic mass is 35.5. The molecule has 1 aliphatic rings. The summed E-state index contributed by atoms with van der Waals surface area (Å²) in [5.74, 6) is -1.83. The van der Waals surface area contributed by atoms with Crippen LogP contribution in [0.4, 0.5) is 8.78 Å². The van der Waals surface area contributed by atoms with Crippen molar-refractivity contribution >= 4 is 17.2 Å². The van der Waals surface area contributed by atoms with E-state index in [9.17, 15) is 13.9 Å². The zero-order valence-electron chi connectivity index (χ0n) is 14.9. The molecule has 2 aromatic heterocycles. The van der Waals surface area contributed by atoms with Gasteiger partial charge in [0.05, 0.1) is 29.2 Å². The Kier molecular flexibility index (Phi) is 4.29. The van der Waals surface area contributed by atoms with Crippen LogP contribution >= 0.6 is 11.6 Å². The SMILES string of the molecule is COc1c(F)cc(F)cc1C(O)N1Cc2nn3c(C)c(Cl)c(C)nc3c2C1. The van der Waals surface area contributed by atoms with Crippen LogP contribution in [0.2, 0.25) is 5.02 Å². The molecule has 3 heterocycles. The van der Waals surface area contributed by atoms with E-state index < -0.39 is 17.9 Å². The summed E-state index contributed by atoms with van der Waals surface area (Å²) in [4.78, 5) is 6.16. The molecule has 9 heteroatoms. The highest BCUT2D eigenvalue weighted by Crippen LogP contribution is 2.37. The van der Waals surface area contributed by atoms with Gasteiger partial charge in [-0.05, 0) is 19.9 Å². The summed E-state index contributed by atoms with van der Waals surface area (Å²) in [6, 6.07) is 1.79. The van der Waals surface area contributed by atoms with Crippen molar-refractivity contribution in [3.05, 3.63) is 57.0 Å². The number of fused-ring (bicyclic) bond motifs is 3. The largest absolute Gasteiger partial charge is 0.493 e. The third-order valence-electron chi connectivity index (χ3n) is 4.85. The molecule has 0 amide bonds. The lowest BCUT2D eigenvalue weighted by Crippen LogP contribution is -2.24.